The monoisotopic (exact) mass is 443 g/mol. The van der Waals surface area contributed by atoms with Gasteiger partial charge in [0, 0.05) is 18.9 Å². The Bertz CT molecular complexity index is 1200. The molecule has 0 amide bonds. The van der Waals surface area contributed by atoms with Gasteiger partial charge < -0.3 is 10.5 Å². The molecule has 0 saturated heterocycles. The van der Waals surface area contributed by atoms with Crippen LogP contribution in [0.4, 0.5) is 5.82 Å². The number of benzene rings is 2. The molecule has 162 valence electrons. The summed E-state index contributed by atoms with van der Waals surface area (Å²) >= 11 is 1.42. The number of hydrogen-bond donors (Lipinski definition) is 1. The van der Waals surface area contributed by atoms with Crippen LogP contribution in [0.2, 0.25) is 0 Å². The van der Waals surface area contributed by atoms with E-state index >= 15 is 0 Å². The van der Waals surface area contributed by atoms with Gasteiger partial charge in [0.2, 0.25) is 5.88 Å². The molecule has 32 heavy (non-hydrogen) atoms. The maximum atomic E-state index is 5.86. The van der Waals surface area contributed by atoms with E-state index in [1.807, 2.05) is 30.5 Å². The molecule has 6 nitrogen and oxygen atoms in total. The molecular weight excluding hydrogens is 418 g/mol. The molecule has 0 atom stereocenters. The quantitative estimate of drug-likeness (QED) is 0.416. The lowest BCUT2D eigenvalue weighted by molar-refractivity contribution is 0.456. The van der Waals surface area contributed by atoms with Gasteiger partial charge in [0.05, 0.1) is 11.4 Å². The van der Waals surface area contributed by atoms with Gasteiger partial charge in [0.1, 0.15) is 11.6 Å². The maximum Gasteiger partial charge on any atom is 0.225 e. The number of fused-ring (bicyclic) bond motifs is 1. The van der Waals surface area contributed by atoms with Crippen LogP contribution in [0.3, 0.4) is 0 Å². The molecule has 1 aliphatic heterocycles. The maximum absolute atomic E-state index is 5.86. The second-order valence-corrected chi connectivity index (χ2v) is 8.85. The van der Waals surface area contributed by atoms with Gasteiger partial charge in [-0.05, 0) is 78.5 Å². The van der Waals surface area contributed by atoms with Gasteiger partial charge in [-0.2, -0.15) is 15.2 Å². The summed E-state index contributed by atoms with van der Waals surface area (Å²) in [4.78, 5) is 8.48. The Morgan fingerprint density at radius 3 is 2.69 bits per heavy atom. The Morgan fingerprint density at radius 1 is 1.00 bits per heavy atom. The minimum atomic E-state index is 0.389. The van der Waals surface area contributed by atoms with Crippen molar-refractivity contribution >= 4 is 29.0 Å². The molecule has 2 N–H and O–H groups in total. The average molecular weight is 444 g/mol. The highest BCUT2D eigenvalue weighted by Gasteiger charge is 2.18. The summed E-state index contributed by atoms with van der Waals surface area (Å²) in [5.74, 6) is 1.51. The Balaban J connectivity index is 1.23. The SMILES string of the molecule is CSc1nc(N)cc(Oc2ccc(C3=NN=C(Cc4cccc5c4CCCC5)C3)cc2)n1. The van der Waals surface area contributed by atoms with Crippen LogP contribution in [0, 0.1) is 0 Å². The Kier molecular flexibility index (Phi) is 5.90. The molecule has 0 radical (unpaired) electrons. The molecule has 1 aromatic heterocycles. The van der Waals surface area contributed by atoms with E-state index in [4.69, 9.17) is 10.5 Å². The molecular formula is C25H25N5OS. The zero-order valence-electron chi connectivity index (χ0n) is 18.0. The summed E-state index contributed by atoms with van der Waals surface area (Å²) in [6.07, 6.45) is 8.53. The van der Waals surface area contributed by atoms with Crippen molar-refractivity contribution in [3.8, 4) is 11.6 Å². The van der Waals surface area contributed by atoms with Crippen LogP contribution in [0.5, 0.6) is 11.6 Å². The first-order valence-corrected chi connectivity index (χ1v) is 12.1. The van der Waals surface area contributed by atoms with E-state index in [1.54, 1.807) is 6.07 Å². The lowest BCUT2D eigenvalue weighted by atomic mass is 9.86. The average Bonchev–Trinajstić information content (AvgIpc) is 3.28. The van der Waals surface area contributed by atoms with Crippen molar-refractivity contribution in [1.29, 1.82) is 0 Å². The largest absolute Gasteiger partial charge is 0.439 e. The number of anilines is 1. The van der Waals surface area contributed by atoms with Gasteiger partial charge in [0.25, 0.3) is 0 Å². The van der Waals surface area contributed by atoms with Crippen molar-refractivity contribution < 1.29 is 4.74 Å². The highest BCUT2D eigenvalue weighted by atomic mass is 32.2. The number of ether oxygens (including phenoxy) is 1. The van der Waals surface area contributed by atoms with Crippen LogP contribution in [-0.4, -0.2) is 27.6 Å². The molecule has 0 fully saturated rings. The first kappa shape index (κ1) is 20.7. The van der Waals surface area contributed by atoms with Crippen molar-refractivity contribution in [3.05, 3.63) is 70.8 Å². The van der Waals surface area contributed by atoms with Gasteiger partial charge in [-0.3, -0.25) is 0 Å². The topological polar surface area (TPSA) is 85.8 Å². The number of aromatic nitrogens is 2. The third kappa shape index (κ3) is 4.53. The third-order valence-corrected chi connectivity index (χ3v) is 6.41. The molecule has 0 saturated carbocycles. The zero-order chi connectivity index (χ0) is 21.9. The normalized spacial score (nSPS) is 15.2. The van der Waals surface area contributed by atoms with Crippen molar-refractivity contribution in [2.45, 2.75) is 43.7 Å². The fraction of sp³-hybridized carbons (Fsp3) is 0.280. The number of nitrogen functional groups attached to an aromatic ring is 1. The number of aryl methyl sites for hydroxylation is 1. The van der Waals surface area contributed by atoms with Crippen LogP contribution in [0.15, 0.2) is 63.9 Å². The second kappa shape index (κ2) is 9.12. The molecule has 0 spiro atoms. The molecule has 3 aromatic rings. The fourth-order valence-electron chi connectivity index (χ4n) is 4.30. The highest BCUT2D eigenvalue weighted by Crippen LogP contribution is 2.27. The zero-order valence-corrected chi connectivity index (χ0v) is 18.9. The van der Waals surface area contributed by atoms with Crippen LogP contribution in [0.1, 0.15) is 41.5 Å². The first-order chi connectivity index (χ1) is 15.7. The molecule has 2 heterocycles. The minimum absolute atomic E-state index is 0.389. The molecule has 2 aliphatic rings. The van der Waals surface area contributed by atoms with E-state index < -0.39 is 0 Å². The third-order valence-electron chi connectivity index (χ3n) is 5.87. The number of rotatable bonds is 6. The van der Waals surface area contributed by atoms with Crippen LogP contribution < -0.4 is 10.5 Å². The molecule has 0 bridgehead atoms. The highest BCUT2D eigenvalue weighted by molar-refractivity contribution is 7.98. The van der Waals surface area contributed by atoms with Crippen molar-refractivity contribution in [2.24, 2.45) is 10.2 Å². The summed E-state index contributed by atoms with van der Waals surface area (Å²) in [5.41, 5.74) is 13.5. The number of nitrogens with zero attached hydrogens (tertiary/aromatic N) is 4. The van der Waals surface area contributed by atoms with E-state index in [1.165, 1.54) is 54.1 Å². The Hall–Kier alpha value is -3.19. The van der Waals surface area contributed by atoms with E-state index in [-0.39, 0.29) is 0 Å². The van der Waals surface area contributed by atoms with Crippen molar-refractivity contribution in [2.75, 3.05) is 12.0 Å². The molecule has 0 unspecified atom stereocenters. The lowest BCUT2D eigenvalue weighted by Crippen LogP contribution is -2.11. The molecule has 1 aliphatic carbocycles. The first-order valence-electron chi connectivity index (χ1n) is 10.9. The lowest BCUT2D eigenvalue weighted by Gasteiger charge is -2.19. The summed E-state index contributed by atoms with van der Waals surface area (Å²) in [6, 6.07) is 16.2. The number of nitrogens with two attached hydrogens (primary N) is 1. The number of hydrogen-bond acceptors (Lipinski definition) is 7. The second-order valence-electron chi connectivity index (χ2n) is 8.07. The van der Waals surface area contributed by atoms with Crippen molar-refractivity contribution in [1.82, 2.24) is 9.97 Å². The summed E-state index contributed by atoms with van der Waals surface area (Å²) in [5, 5.41) is 9.55. The van der Waals surface area contributed by atoms with Gasteiger partial charge in [0.15, 0.2) is 5.16 Å². The van der Waals surface area contributed by atoms with Gasteiger partial charge in [-0.15, -0.1) is 0 Å². The van der Waals surface area contributed by atoms with Crippen LogP contribution in [0.25, 0.3) is 0 Å². The minimum Gasteiger partial charge on any atom is -0.439 e. The van der Waals surface area contributed by atoms with Crippen LogP contribution in [-0.2, 0) is 19.3 Å². The molecule has 5 rings (SSSR count). The smallest absolute Gasteiger partial charge is 0.225 e. The van der Waals surface area contributed by atoms with E-state index in [0.717, 1.165) is 29.8 Å². The summed E-state index contributed by atoms with van der Waals surface area (Å²) < 4.78 is 5.86. The molecule has 2 aromatic carbocycles. The summed E-state index contributed by atoms with van der Waals surface area (Å²) in [7, 11) is 0. The standard InChI is InChI=1S/C25H25N5OS/c1-32-25-27-23(26)15-24(28-25)31-20-11-9-17(10-12-20)22-14-19(29-30-22)13-18-7-4-6-16-5-2-3-8-21(16)18/h4,6-7,9-12,15H,2-3,5,8,13-14H2,1H3,(H2,26,27,28). The van der Waals surface area contributed by atoms with Gasteiger partial charge in [-0.25, -0.2) is 4.98 Å². The predicted octanol–water partition coefficient (Wildman–Crippen LogP) is 5.24. The molecule has 7 heteroatoms. The Labute approximate surface area is 192 Å². The van der Waals surface area contributed by atoms with Crippen molar-refractivity contribution in [3.63, 3.8) is 0 Å². The van der Waals surface area contributed by atoms with Gasteiger partial charge >= 0.3 is 0 Å². The fourth-order valence-corrected chi connectivity index (χ4v) is 4.68. The van der Waals surface area contributed by atoms with Gasteiger partial charge in [-0.1, -0.05) is 30.0 Å². The van der Waals surface area contributed by atoms with E-state index in [0.29, 0.717) is 22.6 Å². The number of thioether (sulfide) groups is 1. The Morgan fingerprint density at radius 2 is 1.84 bits per heavy atom. The van der Waals surface area contributed by atoms with E-state index in [9.17, 15) is 0 Å². The van der Waals surface area contributed by atoms with Crippen LogP contribution >= 0.6 is 11.8 Å². The van der Waals surface area contributed by atoms with E-state index in [2.05, 4.69) is 38.4 Å². The predicted molar refractivity (Wildman–Crippen MR) is 130 cm³/mol. The summed E-state index contributed by atoms with van der Waals surface area (Å²) in [6.45, 7) is 0.